The van der Waals surface area contributed by atoms with Crippen LogP contribution in [-0.4, -0.2) is 22.0 Å². The molecule has 20 heavy (non-hydrogen) atoms. The summed E-state index contributed by atoms with van der Waals surface area (Å²) in [6, 6.07) is 3.22. The molecule has 2 fully saturated rings. The number of rotatable bonds is 6. The Morgan fingerprint density at radius 1 is 1.30 bits per heavy atom. The summed E-state index contributed by atoms with van der Waals surface area (Å²) in [5, 5.41) is 3.39. The van der Waals surface area contributed by atoms with Crippen molar-refractivity contribution in [3.8, 4) is 0 Å². The Kier molecular flexibility index (Phi) is 3.88. The molecule has 0 aliphatic heterocycles. The van der Waals surface area contributed by atoms with Crippen LogP contribution in [0.3, 0.4) is 0 Å². The van der Waals surface area contributed by atoms with Crippen LogP contribution in [0.4, 0.5) is 0 Å². The molecule has 6 heteroatoms. The van der Waals surface area contributed by atoms with Gasteiger partial charge in [0.1, 0.15) is 5.76 Å². The Morgan fingerprint density at radius 2 is 2.15 bits per heavy atom. The van der Waals surface area contributed by atoms with Crippen molar-refractivity contribution in [3.63, 3.8) is 0 Å². The van der Waals surface area contributed by atoms with Gasteiger partial charge in [-0.1, -0.05) is 6.42 Å². The van der Waals surface area contributed by atoms with Crippen LogP contribution in [0, 0.1) is 17.8 Å². The van der Waals surface area contributed by atoms with Gasteiger partial charge in [0.25, 0.3) is 10.0 Å². The molecule has 2 N–H and O–H groups in total. The van der Waals surface area contributed by atoms with E-state index in [-0.39, 0.29) is 5.09 Å². The van der Waals surface area contributed by atoms with E-state index < -0.39 is 10.0 Å². The fraction of sp³-hybridized carbons (Fsp3) is 0.714. The van der Waals surface area contributed by atoms with Gasteiger partial charge in [-0.3, -0.25) is 0 Å². The molecule has 3 rings (SSSR count). The molecule has 3 atom stereocenters. The van der Waals surface area contributed by atoms with Crippen LogP contribution in [-0.2, 0) is 16.6 Å². The topological polar surface area (TPSA) is 71.3 Å². The summed E-state index contributed by atoms with van der Waals surface area (Å²) < 4.78 is 30.7. The molecule has 3 unspecified atom stereocenters. The Hall–Kier alpha value is -0.850. The Labute approximate surface area is 120 Å². The molecule has 2 aliphatic carbocycles. The smallest absolute Gasteiger partial charge is 0.273 e. The zero-order valence-electron chi connectivity index (χ0n) is 11.8. The molecule has 2 saturated carbocycles. The maximum Gasteiger partial charge on any atom is 0.273 e. The second-order valence-electron chi connectivity index (χ2n) is 5.99. The van der Waals surface area contributed by atoms with Crippen molar-refractivity contribution in [2.75, 3.05) is 13.6 Å². The van der Waals surface area contributed by atoms with Crippen LogP contribution in [0.5, 0.6) is 0 Å². The van der Waals surface area contributed by atoms with Crippen molar-refractivity contribution in [2.45, 2.75) is 37.3 Å². The molecular weight excluding hydrogens is 276 g/mol. The van der Waals surface area contributed by atoms with Gasteiger partial charge in [0.15, 0.2) is 0 Å². The Balaban J connectivity index is 1.49. The Bertz CT molecular complexity index is 567. The second kappa shape index (κ2) is 5.50. The van der Waals surface area contributed by atoms with E-state index in [1.807, 2.05) is 0 Å². The van der Waals surface area contributed by atoms with Crippen molar-refractivity contribution in [1.29, 1.82) is 0 Å². The van der Waals surface area contributed by atoms with Crippen LogP contribution in [0.1, 0.15) is 31.4 Å². The van der Waals surface area contributed by atoms with E-state index in [0.717, 1.165) is 24.3 Å². The van der Waals surface area contributed by atoms with Crippen LogP contribution in [0.2, 0.25) is 0 Å². The average Bonchev–Trinajstić information content (AvgIpc) is 3.14. The minimum atomic E-state index is -3.47. The van der Waals surface area contributed by atoms with Crippen molar-refractivity contribution in [2.24, 2.45) is 17.8 Å². The van der Waals surface area contributed by atoms with Gasteiger partial charge in [-0.05, 0) is 62.7 Å². The highest BCUT2D eigenvalue weighted by atomic mass is 32.2. The third-order valence-corrected chi connectivity index (χ3v) is 6.05. The first-order valence-electron chi connectivity index (χ1n) is 7.31. The third kappa shape index (κ3) is 2.77. The molecular formula is C14H22N2O3S. The summed E-state index contributed by atoms with van der Waals surface area (Å²) in [7, 11) is -2.09. The third-order valence-electron chi connectivity index (χ3n) is 4.76. The first kappa shape index (κ1) is 14.1. The summed E-state index contributed by atoms with van der Waals surface area (Å²) in [4.78, 5) is 0. The monoisotopic (exact) mass is 298 g/mol. The highest BCUT2D eigenvalue weighted by Gasteiger charge is 2.38. The van der Waals surface area contributed by atoms with Crippen molar-refractivity contribution < 1.29 is 12.8 Å². The van der Waals surface area contributed by atoms with Crippen molar-refractivity contribution in [3.05, 3.63) is 17.9 Å². The van der Waals surface area contributed by atoms with E-state index in [0.29, 0.717) is 12.3 Å². The molecule has 0 aromatic carbocycles. The molecule has 1 aromatic heterocycles. The van der Waals surface area contributed by atoms with Gasteiger partial charge in [-0.25, -0.2) is 13.1 Å². The summed E-state index contributed by atoms with van der Waals surface area (Å²) in [5.74, 6) is 3.33. The summed E-state index contributed by atoms with van der Waals surface area (Å²) in [6.45, 7) is 1.60. The molecule has 1 heterocycles. The maximum absolute atomic E-state index is 11.6. The number of sulfonamides is 1. The van der Waals surface area contributed by atoms with Gasteiger partial charge in [-0.2, -0.15) is 0 Å². The molecule has 2 aliphatic rings. The number of nitrogens with one attached hydrogen (secondary N) is 2. The lowest BCUT2D eigenvalue weighted by molar-refractivity contribution is 0.311. The van der Waals surface area contributed by atoms with Gasteiger partial charge in [0.05, 0.1) is 6.54 Å². The fourth-order valence-electron chi connectivity index (χ4n) is 3.71. The van der Waals surface area contributed by atoms with E-state index in [9.17, 15) is 8.42 Å². The minimum Gasteiger partial charge on any atom is -0.447 e. The highest BCUT2D eigenvalue weighted by molar-refractivity contribution is 7.89. The predicted molar refractivity (Wildman–Crippen MR) is 75.6 cm³/mol. The number of hydrogen-bond acceptors (Lipinski definition) is 4. The molecule has 0 radical (unpaired) electrons. The molecule has 0 spiro atoms. The summed E-state index contributed by atoms with van der Waals surface area (Å²) in [5.41, 5.74) is 0. The zero-order valence-corrected chi connectivity index (χ0v) is 12.6. The van der Waals surface area contributed by atoms with Gasteiger partial charge in [0, 0.05) is 0 Å². The minimum absolute atomic E-state index is 0.0169. The van der Waals surface area contributed by atoms with E-state index >= 15 is 0 Å². The number of hydrogen-bond donors (Lipinski definition) is 2. The number of furan rings is 1. The quantitative estimate of drug-likeness (QED) is 0.839. The van der Waals surface area contributed by atoms with Gasteiger partial charge >= 0.3 is 0 Å². The molecule has 0 amide bonds. The molecule has 2 bridgehead atoms. The first-order valence-corrected chi connectivity index (χ1v) is 8.80. The molecule has 0 saturated heterocycles. The predicted octanol–water partition coefficient (Wildman–Crippen LogP) is 1.71. The molecule has 112 valence electrons. The highest BCUT2D eigenvalue weighted by Crippen LogP contribution is 2.47. The van der Waals surface area contributed by atoms with Crippen LogP contribution >= 0.6 is 0 Å². The van der Waals surface area contributed by atoms with Crippen LogP contribution < -0.4 is 10.0 Å². The summed E-state index contributed by atoms with van der Waals surface area (Å²) >= 11 is 0. The van der Waals surface area contributed by atoms with Gasteiger partial charge < -0.3 is 9.73 Å². The van der Waals surface area contributed by atoms with E-state index in [2.05, 4.69) is 10.0 Å². The van der Waals surface area contributed by atoms with Crippen molar-refractivity contribution >= 4 is 10.0 Å². The van der Waals surface area contributed by atoms with Crippen molar-refractivity contribution in [1.82, 2.24) is 10.0 Å². The largest absolute Gasteiger partial charge is 0.447 e. The lowest BCUT2D eigenvalue weighted by Crippen LogP contribution is -2.26. The average molecular weight is 298 g/mol. The van der Waals surface area contributed by atoms with E-state index in [4.69, 9.17) is 4.42 Å². The maximum atomic E-state index is 11.6. The number of fused-ring (bicyclic) bond motifs is 2. The zero-order chi connectivity index (χ0) is 14.2. The summed E-state index contributed by atoms with van der Waals surface area (Å²) in [6.07, 6.45) is 5.58. The van der Waals surface area contributed by atoms with E-state index in [1.54, 1.807) is 6.07 Å². The second-order valence-corrected chi connectivity index (χ2v) is 7.81. The van der Waals surface area contributed by atoms with E-state index in [1.165, 1.54) is 38.8 Å². The van der Waals surface area contributed by atoms with Gasteiger partial charge in [0.2, 0.25) is 5.09 Å². The SMILES string of the molecule is CNS(=O)(=O)c1ccc(CNCC2CC3CCC2C3)o1. The van der Waals surface area contributed by atoms with Gasteiger partial charge in [-0.15, -0.1) is 0 Å². The lowest BCUT2D eigenvalue weighted by Gasteiger charge is -2.21. The first-order chi connectivity index (χ1) is 9.58. The standard InChI is InChI=1S/C14H22N2O3S/c1-15-20(17,18)14-5-4-13(19-14)9-16-8-12-7-10-2-3-11(12)6-10/h4-5,10-12,15-16H,2-3,6-9H2,1H3. The normalized spacial score (nSPS) is 29.1. The van der Waals surface area contributed by atoms with Crippen LogP contribution in [0.15, 0.2) is 21.6 Å². The Morgan fingerprint density at radius 3 is 2.80 bits per heavy atom. The molecule has 1 aromatic rings. The fourth-order valence-corrected chi connectivity index (χ4v) is 4.37. The molecule has 5 nitrogen and oxygen atoms in total. The van der Waals surface area contributed by atoms with Crippen LogP contribution in [0.25, 0.3) is 0 Å². The lowest BCUT2D eigenvalue weighted by atomic mass is 9.89.